The summed E-state index contributed by atoms with van der Waals surface area (Å²) in [7, 11) is 0. The third-order valence-electron chi connectivity index (χ3n) is 8.21. The molecule has 0 fully saturated rings. The Labute approximate surface area is 261 Å². The normalized spacial score (nSPS) is 12.6. The first-order valence-corrected chi connectivity index (χ1v) is 16.7. The van der Waals surface area contributed by atoms with E-state index in [9.17, 15) is 4.39 Å². The Kier molecular flexibility index (Phi) is 14.7. The van der Waals surface area contributed by atoms with Crippen LogP contribution in [-0.4, -0.2) is 22.6 Å². The van der Waals surface area contributed by atoms with E-state index >= 15 is 0 Å². The molecule has 0 bridgehead atoms. The van der Waals surface area contributed by atoms with Gasteiger partial charge in [-0.05, 0) is 81.3 Å². The Morgan fingerprint density at radius 2 is 1.60 bits per heavy atom. The predicted molar refractivity (Wildman–Crippen MR) is 184 cm³/mol. The molecule has 232 valence electrons. The first-order chi connectivity index (χ1) is 21.0. The van der Waals surface area contributed by atoms with Crippen LogP contribution in [0.4, 0.5) is 4.39 Å². The Balaban J connectivity index is 0.000000271. The molecule has 0 amide bonds. The summed E-state index contributed by atoms with van der Waals surface area (Å²) in [6.45, 7) is 15.8. The molecule has 43 heavy (non-hydrogen) atoms. The van der Waals surface area contributed by atoms with E-state index in [1.165, 1.54) is 54.4 Å². The third kappa shape index (κ3) is 9.63. The third-order valence-corrected chi connectivity index (χ3v) is 8.21. The standard InChI is InChI=1S/C24H29FN2.C15H25N/c1-6-17-11-10-12-18(7-2)22(17)24-26-23(21(8-3)27(24)9-4)19-14-13-16(5)15-20(19)25;1-2-3-4-7-10-13-16-14-15-11-8-5-6-9-12-15/h10-15H,6-9H2,1-5H3;5-6,8-9,11,16H,2-4,7,10,12-14H2,1H3. The van der Waals surface area contributed by atoms with Crippen LogP contribution in [0.3, 0.4) is 0 Å². The smallest absolute Gasteiger partial charge is 0.141 e. The van der Waals surface area contributed by atoms with Crippen LogP contribution in [0.2, 0.25) is 0 Å². The zero-order valence-electron chi connectivity index (χ0n) is 27.6. The van der Waals surface area contributed by atoms with Gasteiger partial charge in [0.2, 0.25) is 0 Å². The zero-order chi connectivity index (χ0) is 31.0. The highest BCUT2D eigenvalue weighted by Crippen LogP contribution is 2.35. The molecule has 1 aromatic heterocycles. The van der Waals surface area contributed by atoms with Crippen molar-refractivity contribution in [3.63, 3.8) is 0 Å². The molecule has 0 saturated heterocycles. The number of benzene rings is 2. The van der Waals surface area contributed by atoms with E-state index in [-0.39, 0.29) is 5.82 Å². The number of nitrogens with one attached hydrogen (secondary N) is 1. The molecule has 0 radical (unpaired) electrons. The van der Waals surface area contributed by atoms with Crippen LogP contribution in [0.25, 0.3) is 22.6 Å². The molecule has 0 atom stereocenters. The highest BCUT2D eigenvalue weighted by Gasteiger charge is 2.22. The van der Waals surface area contributed by atoms with Gasteiger partial charge in [-0.2, -0.15) is 0 Å². The van der Waals surface area contributed by atoms with Crippen LogP contribution in [0, 0.1) is 12.7 Å². The Bertz CT molecular complexity index is 1350. The Morgan fingerprint density at radius 3 is 2.26 bits per heavy atom. The molecule has 4 heteroatoms. The molecule has 1 aliphatic carbocycles. The first kappa shape index (κ1) is 34.3. The van der Waals surface area contributed by atoms with Crippen molar-refractivity contribution in [2.24, 2.45) is 0 Å². The number of allylic oxidation sites excluding steroid dienone is 5. The fraction of sp³-hybridized carbons (Fsp3) is 0.462. The molecule has 0 spiro atoms. The van der Waals surface area contributed by atoms with Crippen molar-refractivity contribution in [2.75, 3.05) is 13.1 Å². The minimum atomic E-state index is -0.198. The summed E-state index contributed by atoms with van der Waals surface area (Å²) >= 11 is 0. The van der Waals surface area contributed by atoms with Crippen molar-refractivity contribution < 1.29 is 4.39 Å². The van der Waals surface area contributed by atoms with Gasteiger partial charge in [0.05, 0.1) is 5.69 Å². The monoisotopic (exact) mass is 583 g/mol. The van der Waals surface area contributed by atoms with Gasteiger partial charge >= 0.3 is 0 Å². The summed E-state index contributed by atoms with van der Waals surface area (Å²) in [5, 5.41) is 3.52. The average molecular weight is 584 g/mol. The minimum Gasteiger partial charge on any atom is -0.328 e. The van der Waals surface area contributed by atoms with Crippen LogP contribution in [-0.2, 0) is 25.8 Å². The van der Waals surface area contributed by atoms with Crippen molar-refractivity contribution in [1.82, 2.24) is 14.9 Å². The molecular formula is C39H54FN3. The average Bonchev–Trinajstić information content (AvgIpc) is 3.18. The second-order valence-electron chi connectivity index (χ2n) is 11.4. The summed E-state index contributed by atoms with van der Waals surface area (Å²) in [5.41, 5.74) is 8.70. The number of nitrogens with zero attached hydrogens (tertiary/aromatic N) is 2. The number of hydrogen-bond acceptors (Lipinski definition) is 2. The lowest BCUT2D eigenvalue weighted by Gasteiger charge is -2.15. The SMILES string of the molecule is CCCCCCCNCC1=CC=CC=CC1.CCc1cccc(CC)c1-c1nc(-c2ccc(C)cc2F)c(CC)n1CC. The molecule has 1 heterocycles. The van der Waals surface area contributed by atoms with Crippen molar-refractivity contribution >= 4 is 0 Å². The van der Waals surface area contributed by atoms with E-state index in [2.05, 4.69) is 93.1 Å². The highest BCUT2D eigenvalue weighted by atomic mass is 19.1. The molecule has 0 unspecified atom stereocenters. The number of halogens is 1. The van der Waals surface area contributed by atoms with Gasteiger partial charge in [-0.15, -0.1) is 0 Å². The van der Waals surface area contributed by atoms with E-state index in [0.29, 0.717) is 5.56 Å². The zero-order valence-corrected chi connectivity index (χ0v) is 27.6. The summed E-state index contributed by atoms with van der Waals surface area (Å²) < 4.78 is 17.0. The summed E-state index contributed by atoms with van der Waals surface area (Å²) in [5.74, 6) is 0.773. The lowest BCUT2D eigenvalue weighted by Crippen LogP contribution is -2.18. The van der Waals surface area contributed by atoms with Crippen molar-refractivity contribution in [3.8, 4) is 22.6 Å². The Morgan fingerprint density at radius 1 is 0.860 bits per heavy atom. The van der Waals surface area contributed by atoms with Crippen LogP contribution in [0.1, 0.15) is 95.5 Å². The van der Waals surface area contributed by atoms with Gasteiger partial charge in [0, 0.05) is 29.9 Å². The molecule has 4 rings (SSSR count). The maximum atomic E-state index is 14.7. The lowest BCUT2D eigenvalue weighted by molar-refractivity contribution is 0.596. The number of hydrogen-bond donors (Lipinski definition) is 1. The molecule has 2 aromatic carbocycles. The number of imidazole rings is 1. The van der Waals surface area contributed by atoms with E-state index in [1.807, 2.05) is 19.1 Å². The fourth-order valence-electron chi connectivity index (χ4n) is 5.79. The van der Waals surface area contributed by atoms with Gasteiger partial charge < -0.3 is 9.88 Å². The van der Waals surface area contributed by atoms with Gasteiger partial charge in [0.25, 0.3) is 0 Å². The number of unbranched alkanes of at least 4 members (excludes halogenated alkanes) is 4. The Hall–Kier alpha value is -3.24. The molecule has 1 N–H and O–H groups in total. The van der Waals surface area contributed by atoms with Gasteiger partial charge in [0.15, 0.2) is 0 Å². The van der Waals surface area contributed by atoms with E-state index < -0.39 is 0 Å². The molecule has 1 aliphatic rings. The van der Waals surface area contributed by atoms with Crippen molar-refractivity contribution in [1.29, 1.82) is 0 Å². The summed E-state index contributed by atoms with van der Waals surface area (Å²) in [4.78, 5) is 5.02. The fourth-order valence-corrected chi connectivity index (χ4v) is 5.79. The second-order valence-corrected chi connectivity index (χ2v) is 11.4. The maximum Gasteiger partial charge on any atom is 0.141 e. The van der Waals surface area contributed by atoms with Crippen molar-refractivity contribution in [2.45, 2.75) is 106 Å². The van der Waals surface area contributed by atoms with Crippen molar-refractivity contribution in [3.05, 3.63) is 101 Å². The topological polar surface area (TPSA) is 29.9 Å². The molecule has 3 aromatic rings. The quantitative estimate of drug-likeness (QED) is 0.191. The maximum absolute atomic E-state index is 14.7. The number of aromatic nitrogens is 2. The van der Waals surface area contributed by atoms with Crippen LogP contribution in [0.15, 0.2) is 72.4 Å². The minimum absolute atomic E-state index is 0.198. The second kappa shape index (κ2) is 18.4. The first-order valence-electron chi connectivity index (χ1n) is 16.7. The van der Waals surface area contributed by atoms with E-state index in [1.54, 1.807) is 6.07 Å². The van der Waals surface area contributed by atoms with Gasteiger partial charge in [-0.3, -0.25) is 0 Å². The summed E-state index contributed by atoms with van der Waals surface area (Å²) in [6.07, 6.45) is 21.4. The number of rotatable bonds is 14. The van der Waals surface area contributed by atoms with Crippen LogP contribution in [0.5, 0.6) is 0 Å². The molecule has 3 nitrogen and oxygen atoms in total. The van der Waals surface area contributed by atoms with Gasteiger partial charge in [-0.25, -0.2) is 9.37 Å². The number of aryl methyl sites for hydroxylation is 3. The van der Waals surface area contributed by atoms with Crippen LogP contribution < -0.4 is 5.32 Å². The van der Waals surface area contributed by atoms with Gasteiger partial charge in [0.1, 0.15) is 11.6 Å². The molecule has 0 saturated carbocycles. The lowest BCUT2D eigenvalue weighted by atomic mass is 9.97. The van der Waals surface area contributed by atoms with E-state index in [0.717, 1.165) is 68.1 Å². The molecular weight excluding hydrogens is 529 g/mol. The highest BCUT2D eigenvalue weighted by molar-refractivity contribution is 5.72. The largest absolute Gasteiger partial charge is 0.328 e. The summed E-state index contributed by atoms with van der Waals surface area (Å²) in [6, 6.07) is 11.9. The van der Waals surface area contributed by atoms with Gasteiger partial charge in [-0.1, -0.05) is 114 Å². The molecule has 0 aliphatic heterocycles. The van der Waals surface area contributed by atoms with E-state index in [4.69, 9.17) is 4.98 Å². The van der Waals surface area contributed by atoms with Crippen LogP contribution >= 0.6 is 0 Å². The predicted octanol–water partition coefficient (Wildman–Crippen LogP) is 10.4.